The maximum absolute atomic E-state index is 12.8. The third-order valence-corrected chi connectivity index (χ3v) is 4.85. The number of alkyl halides is 3. The fourth-order valence-corrected chi connectivity index (χ4v) is 3.17. The number of hydrogen-bond donors (Lipinski definition) is 3. The second-order valence-electron chi connectivity index (χ2n) is 8.14. The Morgan fingerprint density at radius 2 is 1.48 bits per heavy atom. The molecule has 0 saturated heterocycles. The number of ketones is 1. The Labute approximate surface area is 190 Å². The number of anilines is 2. The van der Waals surface area contributed by atoms with Crippen LogP contribution in [0.3, 0.4) is 0 Å². The summed E-state index contributed by atoms with van der Waals surface area (Å²) in [5.41, 5.74) is 0.506. The van der Waals surface area contributed by atoms with Crippen molar-refractivity contribution in [2.24, 2.45) is 5.92 Å². The Hall–Kier alpha value is -3.36. The Bertz CT molecular complexity index is 955. The number of benzene rings is 2. The van der Waals surface area contributed by atoms with E-state index in [1.165, 1.54) is 12.1 Å². The lowest BCUT2D eigenvalue weighted by molar-refractivity contribution is -0.138. The summed E-state index contributed by atoms with van der Waals surface area (Å²) < 4.78 is 38.2. The summed E-state index contributed by atoms with van der Waals surface area (Å²) in [4.78, 5) is 35.5. The lowest BCUT2D eigenvalue weighted by Crippen LogP contribution is -2.35. The SMILES string of the molecule is CC(C)C[C@@H](Nc1ccc(C(=O)CCCC(=O)O)cc1)C(=O)Nc1ccc(C(F)(F)F)cc1. The number of hydrogen-bond acceptors (Lipinski definition) is 4. The molecule has 0 bridgehead atoms. The molecule has 0 heterocycles. The van der Waals surface area contributed by atoms with Gasteiger partial charge in [-0.3, -0.25) is 14.4 Å². The molecular formula is C24H27F3N2O4. The number of rotatable bonds is 11. The molecule has 0 aromatic heterocycles. The molecule has 0 aliphatic carbocycles. The van der Waals surface area contributed by atoms with E-state index >= 15 is 0 Å². The summed E-state index contributed by atoms with van der Waals surface area (Å²) in [6.07, 6.45) is -3.66. The van der Waals surface area contributed by atoms with E-state index in [-0.39, 0.29) is 36.7 Å². The van der Waals surface area contributed by atoms with Gasteiger partial charge in [0.2, 0.25) is 5.91 Å². The molecule has 9 heteroatoms. The van der Waals surface area contributed by atoms with E-state index in [1.54, 1.807) is 24.3 Å². The summed E-state index contributed by atoms with van der Waals surface area (Å²) >= 11 is 0. The Kier molecular flexibility index (Phi) is 9.02. The van der Waals surface area contributed by atoms with Crippen molar-refractivity contribution in [2.45, 2.75) is 51.7 Å². The number of amides is 1. The summed E-state index contributed by atoms with van der Waals surface area (Å²) in [5.74, 6) is -1.34. The van der Waals surface area contributed by atoms with Crippen molar-refractivity contribution >= 4 is 29.0 Å². The van der Waals surface area contributed by atoms with E-state index in [0.717, 1.165) is 12.1 Å². The predicted molar refractivity (Wildman–Crippen MR) is 119 cm³/mol. The van der Waals surface area contributed by atoms with Gasteiger partial charge in [-0.05, 0) is 67.3 Å². The van der Waals surface area contributed by atoms with Crippen LogP contribution in [0.25, 0.3) is 0 Å². The van der Waals surface area contributed by atoms with Crippen molar-refractivity contribution < 1.29 is 32.7 Å². The van der Waals surface area contributed by atoms with Crippen molar-refractivity contribution in [3.63, 3.8) is 0 Å². The third-order valence-electron chi connectivity index (χ3n) is 4.85. The minimum atomic E-state index is -4.45. The van der Waals surface area contributed by atoms with E-state index in [4.69, 9.17) is 5.11 Å². The number of carboxylic acid groups (broad SMARTS) is 1. The molecule has 1 amide bonds. The molecule has 0 radical (unpaired) electrons. The minimum Gasteiger partial charge on any atom is -0.481 e. The highest BCUT2D eigenvalue weighted by molar-refractivity contribution is 5.97. The molecule has 3 N–H and O–H groups in total. The molecule has 0 saturated carbocycles. The van der Waals surface area contributed by atoms with Gasteiger partial charge in [-0.2, -0.15) is 13.2 Å². The molecule has 0 unspecified atom stereocenters. The number of halogens is 3. The molecule has 0 spiro atoms. The zero-order valence-electron chi connectivity index (χ0n) is 18.4. The van der Waals surface area contributed by atoms with Crippen molar-refractivity contribution in [1.29, 1.82) is 0 Å². The molecule has 0 aliphatic rings. The molecule has 0 aliphatic heterocycles. The molecule has 2 aromatic rings. The van der Waals surface area contributed by atoms with Crippen LogP contribution >= 0.6 is 0 Å². The van der Waals surface area contributed by atoms with Gasteiger partial charge in [-0.15, -0.1) is 0 Å². The van der Waals surface area contributed by atoms with Crippen LogP contribution in [-0.2, 0) is 15.8 Å². The zero-order valence-corrected chi connectivity index (χ0v) is 18.4. The second-order valence-corrected chi connectivity index (χ2v) is 8.14. The number of nitrogens with one attached hydrogen (secondary N) is 2. The Balaban J connectivity index is 2.03. The quantitative estimate of drug-likeness (QED) is 0.376. The highest BCUT2D eigenvalue weighted by atomic mass is 19.4. The van der Waals surface area contributed by atoms with Crippen LogP contribution in [0.2, 0.25) is 0 Å². The standard InChI is InChI=1S/C24H27F3N2O4/c1-15(2)14-20(23(33)29-19-12-8-17(9-13-19)24(25,26)27)28-18-10-6-16(7-11-18)21(30)4-3-5-22(31)32/h6-13,15,20,28H,3-5,14H2,1-2H3,(H,29,33)(H,31,32)/t20-/m1/s1. The summed E-state index contributed by atoms with van der Waals surface area (Å²) in [7, 11) is 0. The molecule has 2 rings (SSSR count). The molecule has 178 valence electrons. The number of carbonyl (C=O) groups is 3. The van der Waals surface area contributed by atoms with Crippen molar-refractivity contribution in [3.05, 3.63) is 59.7 Å². The Morgan fingerprint density at radius 1 is 0.909 bits per heavy atom. The summed E-state index contributed by atoms with van der Waals surface area (Å²) in [6, 6.07) is 10.1. The topological polar surface area (TPSA) is 95.5 Å². The van der Waals surface area contributed by atoms with Crippen LogP contribution in [-0.4, -0.2) is 28.8 Å². The number of aliphatic carboxylic acids is 1. The van der Waals surface area contributed by atoms with E-state index in [2.05, 4.69) is 10.6 Å². The lowest BCUT2D eigenvalue weighted by atomic mass is 10.0. The monoisotopic (exact) mass is 464 g/mol. The van der Waals surface area contributed by atoms with E-state index in [0.29, 0.717) is 17.7 Å². The number of Topliss-reactive ketones (excluding diaryl/α,β-unsaturated/α-hetero) is 1. The predicted octanol–water partition coefficient (Wildman–Crippen LogP) is 5.61. The van der Waals surface area contributed by atoms with Crippen LogP contribution in [0.5, 0.6) is 0 Å². The molecule has 6 nitrogen and oxygen atoms in total. The normalized spacial score (nSPS) is 12.3. The van der Waals surface area contributed by atoms with Gasteiger partial charge in [0, 0.05) is 29.8 Å². The fourth-order valence-electron chi connectivity index (χ4n) is 3.17. The van der Waals surface area contributed by atoms with Gasteiger partial charge in [-0.1, -0.05) is 13.8 Å². The summed E-state index contributed by atoms with van der Waals surface area (Å²) in [5, 5.41) is 14.4. The average Bonchev–Trinajstić information content (AvgIpc) is 2.73. The van der Waals surface area contributed by atoms with Crippen LogP contribution in [0.1, 0.15) is 55.5 Å². The maximum atomic E-state index is 12.8. The first-order valence-electron chi connectivity index (χ1n) is 10.6. The molecule has 33 heavy (non-hydrogen) atoms. The second kappa shape index (κ2) is 11.5. The molecular weight excluding hydrogens is 437 g/mol. The number of carboxylic acids is 1. The van der Waals surface area contributed by atoms with E-state index in [9.17, 15) is 27.6 Å². The van der Waals surface area contributed by atoms with Crippen molar-refractivity contribution in [3.8, 4) is 0 Å². The lowest BCUT2D eigenvalue weighted by Gasteiger charge is -2.21. The van der Waals surface area contributed by atoms with Gasteiger partial charge < -0.3 is 15.7 Å². The average molecular weight is 464 g/mol. The van der Waals surface area contributed by atoms with E-state index in [1.807, 2.05) is 13.8 Å². The van der Waals surface area contributed by atoms with Crippen LogP contribution < -0.4 is 10.6 Å². The summed E-state index contributed by atoms with van der Waals surface area (Å²) in [6.45, 7) is 3.89. The number of carbonyl (C=O) groups excluding carboxylic acids is 2. The van der Waals surface area contributed by atoms with Gasteiger partial charge in [0.05, 0.1) is 5.56 Å². The van der Waals surface area contributed by atoms with Gasteiger partial charge in [0.1, 0.15) is 6.04 Å². The fraction of sp³-hybridized carbons (Fsp3) is 0.375. The largest absolute Gasteiger partial charge is 0.481 e. The van der Waals surface area contributed by atoms with Gasteiger partial charge >= 0.3 is 12.1 Å². The minimum absolute atomic E-state index is 0.0731. The Morgan fingerprint density at radius 3 is 2.00 bits per heavy atom. The van der Waals surface area contributed by atoms with Crippen LogP contribution in [0, 0.1) is 5.92 Å². The highest BCUT2D eigenvalue weighted by Gasteiger charge is 2.30. The first kappa shape index (κ1) is 25.9. The smallest absolute Gasteiger partial charge is 0.416 e. The van der Waals surface area contributed by atoms with Crippen LogP contribution in [0.15, 0.2) is 48.5 Å². The first-order chi connectivity index (χ1) is 15.5. The first-order valence-corrected chi connectivity index (χ1v) is 10.6. The van der Waals surface area contributed by atoms with E-state index < -0.39 is 29.7 Å². The molecule has 2 aromatic carbocycles. The van der Waals surface area contributed by atoms with Crippen molar-refractivity contribution in [2.75, 3.05) is 10.6 Å². The zero-order chi connectivity index (χ0) is 24.6. The van der Waals surface area contributed by atoms with Crippen LogP contribution in [0.4, 0.5) is 24.5 Å². The maximum Gasteiger partial charge on any atom is 0.416 e. The molecule has 0 fully saturated rings. The third kappa shape index (κ3) is 8.59. The van der Waals surface area contributed by atoms with Crippen molar-refractivity contribution in [1.82, 2.24) is 0 Å². The molecule has 1 atom stereocenters. The van der Waals surface area contributed by atoms with Gasteiger partial charge in [0.15, 0.2) is 5.78 Å². The van der Waals surface area contributed by atoms with Gasteiger partial charge in [0.25, 0.3) is 0 Å². The van der Waals surface area contributed by atoms with Gasteiger partial charge in [-0.25, -0.2) is 0 Å². The highest BCUT2D eigenvalue weighted by Crippen LogP contribution is 2.30.